The molecule has 1 aliphatic carbocycles. The zero-order chi connectivity index (χ0) is 20.6. The molecule has 29 heavy (non-hydrogen) atoms. The number of amidine groups is 1. The first-order valence-corrected chi connectivity index (χ1v) is 9.34. The number of halogens is 1. The molecule has 1 aliphatic heterocycles. The lowest BCUT2D eigenvalue weighted by Gasteiger charge is -2.48. The molecule has 148 valence electrons. The number of nitrogens with one attached hydrogen (secondary N) is 1. The van der Waals surface area contributed by atoms with Gasteiger partial charge in [-0.15, -0.1) is 0 Å². The quantitative estimate of drug-likeness (QED) is 0.831. The number of carbonyl (C=O) groups is 1. The first-order valence-electron chi connectivity index (χ1n) is 9.34. The molecule has 0 bridgehead atoms. The highest BCUT2D eigenvalue weighted by molar-refractivity contribution is 6.02. The third kappa shape index (κ3) is 3.51. The fourth-order valence-corrected chi connectivity index (χ4v) is 4.00. The van der Waals surface area contributed by atoms with Gasteiger partial charge in [0.25, 0.3) is 11.9 Å². The molecule has 0 saturated heterocycles. The average molecular weight is 393 g/mol. The van der Waals surface area contributed by atoms with Gasteiger partial charge in [-0.1, -0.05) is 0 Å². The van der Waals surface area contributed by atoms with E-state index < -0.39 is 22.9 Å². The number of amides is 1. The number of ether oxygens (including phenoxy) is 1. The lowest BCUT2D eigenvalue weighted by atomic mass is 9.69. The second-order valence-electron chi connectivity index (χ2n) is 7.73. The summed E-state index contributed by atoms with van der Waals surface area (Å²) < 4.78 is 20.5. The van der Waals surface area contributed by atoms with E-state index in [1.807, 2.05) is 13.0 Å². The maximum atomic E-state index is 14.7. The summed E-state index contributed by atoms with van der Waals surface area (Å²) in [7, 11) is 0. The number of hydrogen-bond donors (Lipinski definition) is 2. The van der Waals surface area contributed by atoms with Crippen LogP contribution in [0.2, 0.25) is 0 Å². The summed E-state index contributed by atoms with van der Waals surface area (Å²) in [6.45, 7) is 1.83. The molecule has 1 aromatic carbocycles. The highest BCUT2D eigenvalue weighted by Crippen LogP contribution is 2.49. The van der Waals surface area contributed by atoms with Gasteiger partial charge in [-0.05, 0) is 56.5 Å². The van der Waals surface area contributed by atoms with Crippen molar-refractivity contribution >= 4 is 17.6 Å². The minimum absolute atomic E-state index is 0.0640. The van der Waals surface area contributed by atoms with Crippen LogP contribution in [-0.2, 0) is 10.3 Å². The van der Waals surface area contributed by atoms with Gasteiger partial charge in [0, 0.05) is 23.9 Å². The van der Waals surface area contributed by atoms with Crippen LogP contribution < -0.4 is 11.1 Å². The van der Waals surface area contributed by atoms with Gasteiger partial charge in [0.05, 0.1) is 11.1 Å². The lowest BCUT2D eigenvalue weighted by molar-refractivity contribution is -0.0583. The van der Waals surface area contributed by atoms with Crippen molar-refractivity contribution < 1.29 is 13.9 Å². The van der Waals surface area contributed by atoms with Crippen molar-refractivity contribution in [2.24, 2.45) is 10.7 Å². The molecule has 1 fully saturated rings. The Morgan fingerprint density at radius 2 is 2.14 bits per heavy atom. The predicted octanol–water partition coefficient (Wildman–Crippen LogP) is 3.22. The third-order valence-corrected chi connectivity index (χ3v) is 5.54. The van der Waals surface area contributed by atoms with E-state index in [2.05, 4.69) is 15.3 Å². The Kier molecular flexibility index (Phi) is 4.46. The molecule has 8 heteroatoms. The molecule has 0 radical (unpaired) electrons. The van der Waals surface area contributed by atoms with Crippen LogP contribution in [0.3, 0.4) is 0 Å². The smallest absolute Gasteiger partial charge is 0.283 e. The SMILES string of the molecule is CC1(c2cc(NC(=O)c3ccc(C#N)cn3)ccc2F)CC2(CCC2)OC(N)=N1. The van der Waals surface area contributed by atoms with Gasteiger partial charge in [-0.2, -0.15) is 5.26 Å². The van der Waals surface area contributed by atoms with E-state index >= 15 is 0 Å². The molecule has 3 N–H and O–H groups in total. The molecule has 7 nitrogen and oxygen atoms in total. The van der Waals surface area contributed by atoms with Crippen molar-refractivity contribution in [1.29, 1.82) is 5.26 Å². The fraction of sp³-hybridized carbons (Fsp3) is 0.333. The third-order valence-electron chi connectivity index (χ3n) is 5.54. The Bertz CT molecular complexity index is 1040. The Morgan fingerprint density at radius 3 is 2.76 bits per heavy atom. The van der Waals surface area contributed by atoms with Gasteiger partial charge in [0.2, 0.25) is 0 Å². The second kappa shape index (κ2) is 6.85. The Labute approximate surface area is 167 Å². The standard InChI is InChI=1S/C21H20FN5O2/c1-20(12-21(7-2-8-21)29-19(24)27-20)15-9-14(4-5-16(15)22)26-18(28)17-6-3-13(10-23)11-25-17/h3-6,9,11H,2,7-8,12H2,1H3,(H2,24,27)(H,26,28). The Morgan fingerprint density at radius 1 is 1.34 bits per heavy atom. The highest BCUT2D eigenvalue weighted by Gasteiger charge is 2.50. The molecule has 1 saturated carbocycles. The van der Waals surface area contributed by atoms with Crippen molar-refractivity contribution in [3.8, 4) is 6.07 Å². The number of hydrogen-bond acceptors (Lipinski definition) is 6. The number of aliphatic imine (C=N–C) groups is 1. The Balaban J connectivity index is 1.61. The van der Waals surface area contributed by atoms with E-state index in [4.69, 9.17) is 15.7 Å². The number of anilines is 1. The summed E-state index contributed by atoms with van der Waals surface area (Å²) in [5, 5.41) is 11.5. The number of nitrogens with zero attached hydrogens (tertiary/aromatic N) is 3. The molecule has 2 aliphatic rings. The summed E-state index contributed by atoms with van der Waals surface area (Å²) in [6, 6.07) is 9.34. The second-order valence-corrected chi connectivity index (χ2v) is 7.73. The average Bonchev–Trinajstić information content (AvgIpc) is 2.67. The molecule has 2 heterocycles. The predicted molar refractivity (Wildman–Crippen MR) is 105 cm³/mol. The topological polar surface area (TPSA) is 113 Å². The number of benzene rings is 1. The van der Waals surface area contributed by atoms with Gasteiger partial charge in [-0.25, -0.2) is 14.4 Å². The zero-order valence-corrected chi connectivity index (χ0v) is 15.9. The summed E-state index contributed by atoms with van der Waals surface area (Å²) >= 11 is 0. The van der Waals surface area contributed by atoms with Crippen LogP contribution >= 0.6 is 0 Å². The van der Waals surface area contributed by atoms with Gasteiger partial charge in [0.1, 0.15) is 23.2 Å². The van der Waals surface area contributed by atoms with E-state index in [0.29, 0.717) is 23.2 Å². The highest BCUT2D eigenvalue weighted by atomic mass is 19.1. The summed E-state index contributed by atoms with van der Waals surface area (Å²) in [5.41, 5.74) is 5.91. The van der Waals surface area contributed by atoms with Crippen LogP contribution in [0.15, 0.2) is 41.5 Å². The largest absolute Gasteiger partial charge is 0.459 e. The molecule has 1 spiro atoms. The molecule has 4 rings (SSSR count). The normalized spacial score (nSPS) is 22.0. The van der Waals surface area contributed by atoms with Gasteiger partial charge < -0.3 is 15.8 Å². The number of nitriles is 1. The summed E-state index contributed by atoms with van der Waals surface area (Å²) in [6.07, 6.45) is 4.61. The molecular weight excluding hydrogens is 373 g/mol. The molecule has 1 unspecified atom stereocenters. The van der Waals surface area contributed by atoms with Crippen LogP contribution in [0.25, 0.3) is 0 Å². The maximum Gasteiger partial charge on any atom is 0.283 e. The molecule has 1 aromatic heterocycles. The monoisotopic (exact) mass is 393 g/mol. The molecule has 2 aromatic rings. The van der Waals surface area contributed by atoms with E-state index in [0.717, 1.165) is 19.3 Å². The van der Waals surface area contributed by atoms with E-state index in [1.54, 1.807) is 6.07 Å². The molecule has 1 atom stereocenters. The first-order chi connectivity index (χ1) is 13.8. The molecular formula is C21H20FN5O2. The zero-order valence-electron chi connectivity index (χ0n) is 15.9. The summed E-state index contributed by atoms with van der Waals surface area (Å²) in [4.78, 5) is 20.8. The number of pyridine rings is 1. The first kappa shape index (κ1) is 18.9. The van der Waals surface area contributed by atoms with Crippen LogP contribution in [0.1, 0.15) is 54.2 Å². The number of carbonyl (C=O) groups excluding carboxylic acids is 1. The minimum Gasteiger partial charge on any atom is -0.459 e. The Hall–Kier alpha value is -3.47. The van der Waals surface area contributed by atoms with Crippen LogP contribution in [0.4, 0.5) is 10.1 Å². The van der Waals surface area contributed by atoms with Crippen molar-refractivity contribution in [3.63, 3.8) is 0 Å². The lowest BCUT2D eigenvalue weighted by Crippen LogP contribution is -2.52. The van der Waals surface area contributed by atoms with Crippen molar-refractivity contribution in [1.82, 2.24) is 4.98 Å². The van der Waals surface area contributed by atoms with E-state index in [-0.39, 0.29) is 11.7 Å². The van der Waals surface area contributed by atoms with Crippen LogP contribution in [0, 0.1) is 17.1 Å². The number of aromatic nitrogens is 1. The van der Waals surface area contributed by atoms with Crippen molar-refractivity contribution in [2.45, 2.75) is 43.7 Å². The van der Waals surface area contributed by atoms with Gasteiger partial charge >= 0.3 is 0 Å². The van der Waals surface area contributed by atoms with Crippen LogP contribution in [0.5, 0.6) is 0 Å². The van der Waals surface area contributed by atoms with E-state index in [9.17, 15) is 9.18 Å². The maximum absolute atomic E-state index is 14.7. The summed E-state index contributed by atoms with van der Waals surface area (Å²) in [5.74, 6) is -0.877. The fourth-order valence-electron chi connectivity index (χ4n) is 4.00. The number of rotatable bonds is 3. The van der Waals surface area contributed by atoms with Gasteiger partial charge in [0.15, 0.2) is 0 Å². The van der Waals surface area contributed by atoms with Crippen LogP contribution in [-0.4, -0.2) is 22.5 Å². The van der Waals surface area contributed by atoms with Gasteiger partial charge in [-0.3, -0.25) is 4.79 Å². The minimum atomic E-state index is -0.889. The molecule has 1 amide bonds. The number of nitrogens with two attached hydrogens (primary N) is 1. The van der Waals surface area contributed by atoms with E-state index in [1.165, 1.54) is 30.5 Å². The van der Waals surface area contributed by atoms with Crippen molar-refractivity contribution in [2.75, 3.05) is 5.32 Å². The van der Waals surface area contributed by atoms with Crippen molar-refractivity contribution in [3.05, 3.63) is 59.2 Å².